The zero-order valence-corrected chi connectivity index (χ0v) is 15.6. The van der Waals surface area contributed by atoms with Crippen LogP contribution in [0.15, 0.2) is 65.2 Å². The standard InChI is InChI=1S/C19H15BrFNO5/c20-15-9-8-14(16(12-15)22(25)26)11-18(24)27-10-4-7-17(23)19(21)13-5-2-1-3-6-13/h1-9,12,19H,10-11H2/b7-4+. The fraction of sp³-hybridized carbons (Fsp3) is 0.158. The molecule has 1 atom stereocenters. The minimum absolute atomic E-state index is 0.199. The summed E-state index contributed by atoms with van der Waals surface area (Å²) in [6.45, 7) is -0.240. The van der Waals surface area contributed by atoms with E-state index in [-0.39, 0.29) is 29.8 Å². The highest BCUT2D eigenvalue weighted by molar-refractivity contribution is 9.10. The van der Waals surface area contributed by atoms with E-state index in [2.05, 4.69) is 15.9 Å². The minimum atomic E-state index is -1.79. The maximum atomic E-state index is 14.0. The van der Waals surface area contributed by atoms with Gasteiger partial charge >= 0.3 is 5.97 Å². The molecule has 0 bridgehead atoms. The molecule has 0 saturated heterocycles. The third kappa shape index (κ3) is 6.10. The monoisotopic (exact) mass is 435 g/mol. The van der Waals surface area contributed by atoms with Gasteiger partial charge in [0.25, 0.3) is 5.69 Å². The lowest BCUT2D eigenvalue weighted by Crippen LogP contribution is -2.10. The molecule has 2 aromatic rings. The van der Waals surface area contributed by atoms with E-state index in [1.54, 1.807) is 24.3 Å². The molecule has 27 heavy (non-hydrogen) atoms. The highest BCUT2D eigenvalue weighted by Gasteiger charge is 2.18. The summed E-state index contributed by atoms with van der Waals surface area (Å²) in [5, 5.41) is 11.0. The molecule has 0 aliphatic rings. The number of hydrogen-bond donors (Lipinski definition) is 0. The maximum absolute atomic E-state index is 14.0. The maximum Gasteiger partial charge on any atom is 0.310 e. The van der Waals surface area contributed by atoms with Gasteiger partial charge < -0.3 is 4.74 Å². The van der Waals surface area contributed by atoms with Crippen LogP contribution in [0.3, 0.4) is 0 Å². The van der Waals surface area contributed by atoms with Crippen molar-refractivity contribution in [3.63, 3.8) is 0 Å². The van der Waals surface area contributed by atoms with Gasteiger partial charge in [-0.1, -0.05) is 52.3 Å². The van der Waals surface area contributed by atoms with Crippen LogP contribution >= 0.6 is 15.9 Å². The summed E-state index contributed by atoms with van der Waals surface area (Å²) >= 11 is 3.13. The molecular formula is C19H15BrFNO5. The largest absolute Gasteiger partial charge is 0.461 e. The summed E-state index contributed by atoms with van der Waals surface area (Å²) in [5.74, 6) is -1.46. The third-order valence-electron chi connectivity index (χ3n) is 3.54. The zero-order chi connectivity index (χ0) is 19.8. The number of rotatable bonds is 8. The fourth-order valence-corrected chi connectivity index (χ4v) is 2.59. The molecule has 0 aromatic heterocycles. The van der Waals surface area contributed by atoms with Gasteiger partial charge in [-0.25, -0.2) is 4.39 Å². The second kappa shape index (κ2) is 9.72. The SMILES string of the molecule is O=C(Cc1ccc(Br)cc1[N+](=O)[O-])OC/C=C/C(=O)C(F)c1ccccc1. The normalized spacial score (nSPS) is 11.9. The first-order valence-corrected chi connectivity index (χ1v) is 8.65. The molecule has 0 aliphatic heterocycles. The second-order valence-corrected chi connectivity index (χ2v) is 6.38. The lowest BCUT2D eigenvalue weighted by atomic mass is 10.1. The molecule has 6 nitrogen and oxygen atoms in total. The predicted octanol–water partition coefficient (Wildman–Crippen LogP) is 4.28. The van der Waals surface area contributed by atoms with Crippen LogP contribution in [0.5, 0.6) is 0 Å². The summed E-state index contributed by atoms with van der Waals surface area (Å²) in [6.07, 6.45) is 0.156. The summed E-state index contributed by atoms with van der Waals surface area (Å²) in [7, 11) is 0. The van der Waals surface area contributed by atoms with Gasteiger partial charge in [0, 0.05) is 16.1 Å². The van der Waals surface area contributed by atoms with E-state index in [1.807, 2.05) is 0 Å². The van der Waals surface area contributed by atoms with Crippen LogP contribution in [-0.2, 0) is 20.7 Å². The van der Waals surface area contributed by atoms with Crippen molar-refractivity contribution in [1.29, 1.82) is 0 Å². The van der Waals surface area contributed by atoms with Crippen LogP contribution in [0, 0.1) is 10.1 Å². The Morgan fingerprint density at radius 2 is 1.93 bits per heavy atom. The van der Waals surface area contributed by atoms with E-state index in [9.17, 15) is 24.1 Å². The van der Waals surface area contributed by atoms with Crippen LogP contribution in [0.4, 0.5) is 10.1 Å². The Morgan fingerprint density at radius 1 is 1.22 bits per heavy atom. The first kappa shape index (κ1) is 20.4. The van der Waals surface area contributed by atoms with E-state index in [0.29, 0.717) is 4.47 Å². The number of halogens is 2. The van der Waals surface area contributed by atoms with Crippen molar-refractivity contribution in [2.45, 2.75) is 12.6 Å². The second-order valence-electron chi connectivity index (χ2n) is 5.47. The summed E-state index contributed by atoms with van der Waals surface area (Å²) in [4.78, 5) is 34.0. The number of carbonyl (C=O) groups is 2. The zero-order valence-electron chi connectivity index (χ0n) is 14.0. The molecule has 1 unspecified atom stereocenters. The molecule has 0 amide bonds. The molecule has 0 aliphatic carbocycles. The van der Waals surface area contributed by atoms with Gasteiger partial charge in [0.05, 0.1) is 11.3 Å². The van der Waals surface area contributed by atoms with Gasteiger partial charge in [0.2, 0.25) is 0 Å². The van der Waals surface area contributed by atoms with Crippen molar-refractivity contribution in [3.8, 4) is 0 Å². The first-order chi connectivity index (χ1) is 12.9. The van der Waals surface area contributed by atoms with E-state index < -0.39 is 22.8 Å². The minimum Gasteiger partial charge on any atom is -0.461 e. The number of ether oxygens (including phenoxy) is 1. The van der Waals surface area contributed by atoms with Crippen molar-refractivity contribution in [2.75, 3.05) is 6.61 Å². The van der Waals surface area contributed by atoms with E-state index in [0.717, 1.165) is 6.08 Å². The molecule has 2 rings (SSSR count). The van der Waals surface area contributed by atoms with E-state index in [1.165, 1.54) is 30.3 Å². The average molecular weight is 436 g/mol. The van der Waals surface area contributed by atoms with Crippen molar-refractivity contribution in [3.05, 3.63) is 86.4 Å². The summed E-state index contributed by atoms with van der Waals surface area (Å²) < 4.78 is 19.4. The Kier molecular flexibility index (Phi) is 7.36. The molecule has 0 heterocycles. The van der Waals surface area contributed by atoms with Gasteiger partial charge in [0.15, 0.2) is 12.0 Å². The number of benzene rings is 2. The first-order valence-electron chi connectivity index (χ1n) is 7.86. The van der Waals surface area contributed by atoms with Gasteiger partial charge in [0.1, 0.15) is 6.61 Å². The molecule has 0 saturated carbocycles. The molecule has 2 aromatic carbocycles. The van der Waals surface area contributed by atoms with Gasteiger partial charge in [-0.15, -0.1) is 0 Å². The van der Waals surface area contributed by atoms with Gasteiger partial charge in [-0.05, 0) is 23.8 Å². The van der Waals surface area contributed by atoms with Crippen LogP contribution in [-0.4, -0.2) is 23.3 Å². The van der Waals surface area contributed by atoms with Gasteiger partial charge in [-0.2, -0.15) is 0 Å². The number of allylic oxidation sites excluding steroid dienone is 1. The molecular weight excluding hydrogens is 421 g/mol. The van der Waals surface area contributed by atoms with Crippen LogP contribution < -0.4 is 0 Å². The highest BCUT2D eigenvalue weighted by Crippen LogP contribution is 2.24. The smallest absolute Gasteiger partial charge is 0.310 e. The lowest BCUT2D eigenvalue weighted by molar-refractivity contribution is -0.385. The number of nitro benzene ring substituents is 1. The Bertz CT molecular complexity index is 870. The number of nitrogens with zero attached hydrogens (tertiary/aromatic N) is 1. The third-order valence-corrected chi connectivity index (χ3v) is 4.04. The fourth-order valence-electron chi connectivity index (χ4n) is 2.24. The topological polar surface area (TPSA) is 86.5 Å². The molecule has 0 fully saturated rings. The van der Waals surface area contributed by atoms with E-state index in [4.69, 9.17) is 4.74 Å². The van der Waals surface area contributed by atoms with Crippen molar-refractivity contribution < 1.29 is 23.6 Å². The Morgan fingerprint density at radius 3 is 2.59 bits per heavy atom. The molecule has 0 N–H and O–H groups in total. The van der Waals surface area contributed by atoms with Crippen molar-refractivity contribution >= 4 is 33.4 Å². The van der Waals surface area contributed by atoms with Crippen LogP contribution in [0.25, 0.3) is 0 Å². The Balaban J connectivity index is 1.87. The highest BCUT2D eigenvalue weighted by atomic mass is 79.9. The molecule has 0 radical (unpaired) electrons. The number of esters is 1. The summed E-state index contributed by atoms with van der Waals surface area (Å²) in [6, 6.07) is 12.3. The van der Waals surface area contributed by atoms with E-state index >= 15 is 0 Å². The lowest BCUT2D eigenvalue weighted by Gasteiger charge is -2.05. The number of hydrogen-bond acceptors (Lipinski definition) is 5. The summed E-state index contributed by atoms with van der Waals surface area (Å²) in [5.41, 5.74) is 0.253. The average Bonchev–Trinajstić information content (AvgIpc) is 2.66. The van der Waals surface area contributed by atoms with Crippen molar-refractivity contribution in [2.24, 2.45) is 0 Å². The molecule has 0 spiro atoms. The van der Waals surface area contributed by atoms with Crippen molar-refractivity contribution in [1.82, 2.24) is 0 Å². The predicted molar refractivity (Wildman–Crippen MR) is 99.9 cm³/mol. The number of carbonyl (C=O) groups excluding carboxylic acids is 2. The number of alkyl halides is 1. The quantitative estimate of drug-likeness (QED) is 0.267. The molecule has 8 heteroatoms. The van der Waals surface area contributed by atoms with Crippen LogP contribution in [0.1, 0.15) is 17.3 Å². The molecule has 140 valence electrons. The van der Waals surface area contributed by atoms with Gasteiger partial charge in [-0.3, -0.25) is 19.7 Å². The number of nitro groups is 1. The Labute approximate surface area is 162 Å². The Hall–Kier alpha value is -2.87. The van der Waals surface area contributed by atoms with Crippen LogP contribution in [0.2, 0.25) is 0 Å². The number of ketones is 1.